The summed E-state index contributed by atoms with van der Waals surface area (Å²) < 4.78 is 22.9. The van der Waals surface area contributed by atoms with Crippen molar-refractivity contribution in [3.63, 3.8) is 0 Å². The molecule has 0 heterocycles. The lowest BCUT2D eigenvalue weighted by Crippen LogP contribution is -2.33. The van der Waals surface area contributed by atoms with Crippen molar-refractivity contribution in [2.75, 3.05) is 19.8 Å². The van der Waals surface area contributed by atoms with Gasteiger partial charge < -0.3 is 9.90 Å². The SMILES string of the molecule is CN(CC(=O)[O-])N=Nc1ccccc1S(C)(=O)=O. The van der Waals surface area contributed by atoms with E-state index in [1.807, 2.05) is 0 Å². The highest BCUT2D eigenvalue weighted by Crippen LogP contribution is 2.23. The molecule has 0 unspecified atom stereocenters. The summed E-state index contributed by atoms with van der Waals surface area (Å²) in [6, 6.07) is 6.07. The van der Waals surface area contributed by atoms with Crippen molar-refractivity contribution >= 4 is 21.5 Å². The van der Waals surface area contributed by atoms with E-state index < -0.39 is 22.4 Å². The number of carboxylic acids is 1. The average molecular weight is 270 g/mol. The van der Waals surface area contributed by atoms with Crippen LogP contribution in [0.3, 0.4) is 0 Å². The van der Waals surface area contributed by atoms with Crippen LogP contribution in [0.5, 0.6) is 0 Å². The van der Waals surface area contributed by atoms with E-state index in [2.05, 4.69) is 10.3 Å². The molecule has 1 aromatic carbocycles. The molecule has 98 valence electrons. The molecule has 0 radical (unpaired) electrons. The number of carbonyl (C=O) groups excluding carboxylic acids is 1. The van der Waals surface area contributed by atoms with Crippen molar-refractivity contribution in [2.24, 2.45) is 10.3 Å². The van der Waals surface area contributed by atoms with Crippen molar-refractivity contribution in [3.05, 3.63) is 24.3 Å². The van der Waals surface area contributed by atoms with Gasteiger partial charge in [0, 0.05) is 13.3 Å². The zero-order valence-electron chi connectivity index (χ0n) is 9.90. The third-order valence-corrected chi connectivity index (χ3v) is 3.07. The van der Waals surface area contributed by atoms with Gasteiger partial charge in [0.2, 0.25) is 0 Å². The molecule has 1 rings (SSSR count). The number of likely N-dealkylation sites (N-methyl/N-ethyl adjacent to an activating group) is 1. The van der Waals surface area contributed by atoms with Crippen molar-refractivity contribution in [3.8, 4) is 0 Å². The first-order valence-electron chi connectivity index (χ1n) is 4.92. The summed E-state index contributed by atoms with van der Waals surface area (Å²) in [7, 11) is -2.01. The maximum atomic E-state index is 11.5. The molecule has 0 fully saturated rings. The first-order valence-corrected chi connectivity index (χ1v) is 6.81. The van der Waals surface area contributed by atoms with Crippen LogP contribution < -0.4 is 5.11 Å². The monoisotopic (exact) mass is 270 g/mol. The van der Waals surface area contributed by atoms with Crippen LogP contribution in [-0.2, 0) is 14.6 Å². The number of hydrogen-bond acceptors (Lipinski definition) is 6. The molecule has 0 bridgehead atoms. The fourth-order valence-electron chi connectivity index (χ4n) is 1.20. The zero-order valence-corrected chi connectivity index (χ0v) is 10.7. The smallest absolute Gasteiger partial charge is 0.177 e. The molecule has 0 aliphatic carbocycles. The molecule has 7 nitrogen and oxygen atoms in total. The summed E-state index contributed by atoms with van der Waals surface area (Å²) in [5, 5.41) is 18.6. The summed E-state index contributed by atoms with van der Waals surface area (Å²) in [5.41, 5.74) is 0.158. The number of benzene rings is 1. The van der Waals surface area contributed by atoms with Crippen LogP contribution >= 0.6 is 0 Å². The second kappa shape index (κ2) is 5.58. The fraction of sp³-hybridized carbons (Fsp3) is 0.300. The summed E-state index contributed by atoms with van der Waals surface area (Å²) in [6.07, 6.45) is 1.06. The van der Waals surface area contributed by atoms with E-state index in [4.69, 9.17) is 0 Å². The second-order valence-electron chi connectivity index (χ2n) is 3.62. The average Bonchev–Trinajstić information content (AvgIpc) is 2.24. The quantitative estimate of drug-likeness (QED) is 0.543. The first-order chi connectivity index (χ1) is 8.30. The van der Waals surface area contributed by atoms with Crippen LogP contribution in [-0.4, -0.2) is 39.2 Å². The highest BCUT2D eigenvalue weighted by atomic mass is 32.2. The Bertz CT molecular complexity index is 568. The van der Waals surface area contributed by atoms with Gasteiger partial charge in [0.1, 0.15) is 5.69 Å². The minimum Gasteiger partial charge on any atom is -0.548 e. The molecule has 0 saturated heterocycles. The molecule has 0 N–H and O–H groups in total. The fourth-order valence-corrected chi connectivity index (χ4v) is 2.01. The Kier molecular flexibility index (Phi) is 4.38. The summed E-state index contributed by atoms with van der Waals surface area (Å²) in [5.74, 6) is -1.30. The highest BCUT2D eigenvalue weighted by molar-refractivity contribution is 7.90. The molecule has 0 aliphatic rings. The first kappa shape index (κ1) is 14.1. The summed E-state index contributed by atoms with van der Waals surface area (Å²) in [4.78, 5) is 10.3. The van der Waals surface area contributed by atoms with E-state index >= 15 is 0 Å². The number of aliphatic carboxylic acids is 1. The van der Waals surface area contributed by atoms with E-state index in [0.29, 0.717) is 0 Å². The Balaban J connectivity index is 2.98. The van der Waals surface area contributed by atoms with Crippen molar-refractivity contribution in [1.29, 1.82) is 0 Å². The van der Waals surface area contributed by atoms with Gasteiger partial charge in [0.25, 0.3) is 0 Å². The maximum Gasteiger partial charge on any atom is 0.177 e. The van der Waals surface area contributed by atoms with E-state index in [1.165, 1.54) is 19.2 Å². The lowest BCUT2D eigenvalue weighted by Gasteiger charge is -2.11. The number of rotatable bonds is 5. The van der Waals surface area contributed by atoms with Gasteiger partial charge in [-0.1, -0.05) is 17.4 Å². The van der Waals surface area contributed by atoms with Crippen LogP contribution in [0.15, 0.2) is 39.5 Å². The van der Waals surface area contributed by atoms with Crippen LogP contribution in [0.2, 0.25) is 0 Å². The van der Waals surface area contributed by atoms with Crippen molar-refractivity contribution in [1.82, 2.24) is 5.01 Å². The standard InChI is InChI=1S/C10H13N3O4S/c1-13(7-10(14)15)12-11-8-5-3-4-6-9(8)18(2,16)17/h3-6H,7H2,1-2H3,(H,14,15)/p-1. The predicted octanol–water partition coefficient (Wildman–Crippen LogP) is -0.229. The molecule has 8 heteroatoms. The van der Waals surface area contributed by atoms with Crippen LogP contribution in [0.4, 0.5) is 5.69 Å². The zero-order chi connectivity index (χ0) is 13.8. The van der Waals surface area contributed by atoms with E-state index in [0.717, 1.165) is 11.3 Å². The van der Waals surface area contributed by atoms with E-state index in [9.17, 15) is 18.3 Å². The molecule has 18 heavy (non-hydrogen) atoms. The van der Waals surface area contributed by atoms with Gasteiger partial charge in [0.05, 0.1) is 17.4 Å². The van der Waals surface area contributed by atoms with Gasteiger partial charge in [-0.25, -0.2) is 8.42 Å². The normalized spacial score (nSPS) is 11.7. The lowest BCUT2D eigenvalue weighted by atomic mass is 10.3. The minimum absolute atomic E-state index is 0.0376. The molecule has 0 aromatic heterocycles. The minimum atomic E-state index is -3.41. The molecule has 0 aliphatic heterocycles. The molecule has 1 aromatic rings. The number of sulfone groups is 1. The summed E-state index contributed by atoms with van der Waals surface area (Å²) in [6.45, 7) is -0.426. The summed E-state index contributed by atoms with van der Waals surface area (Å²) >= 11 is 0. The number of nitrogens with zero attached hydrogens (tertiary/aromatic N) is 3. The third kappa shape index (κ3) is 4.13. The Hall–Kier alpha value is -1.96. The molecular weight excluding hydrogens is 258 g/mol. The van der Waals surface area contributed by atoms with Crippen LogP contribution in [0.1, 0.15) is 0 Å². The second-order valence-corrected chi connectivity index (χ2v) is 5.60. The highest BCUT2D eigenvalue weighted by Gasteiger charge is 2.12. The Morgan fingerprint density at radius 3 is 2.56 bits per heavy atom. The Morgan fingerprint density at radius 1 is 1.39 bits per heavy atom. The topological polar surface area (TPSA) is 102 Å². The van der Waals surface area contributed by atoms with Gasteiger partial charge in [-0.2, -0.15) is 0 Å². The van der Waals surface area contributed by atoms with Gasteiger partial charge in [0.15, 0.2) is 9.84 Å². The predicted molar refractivity (Wildman–Crippen MR) is 61.7 cm³/mol. The molecular formula is C10H12N3O4S-. The van der Waals surface area contributed by atoms with Crippen molar-refractivity contribution < 1.29 is 18.3 Å². The van der Waals surface area contributed by atoms with Gasteiger partial charge in [-0.3, -0.25) is 5.01 Å². The number of carboxylic acid groups (broad SMARTS) is 1. The Morgan fingerprint density at radius 2 is 2.00 bits per heavy atom. The van der Waals surface area contributed by atoms with E-state index in [-0.39, 0.29) is 10.6 Å². The van der Waals surface area contributed by atoms with Gasteiger partial charge in [-0.15, -0.1) is 5.11 Å². The van der Waals surface area contributed by atoms with Crippen LogP contribution in [0, 0.1) is 0 Å². The molecule has 0 saturated carbocycles. The number of hydrogen-bond donors (Lipinski definition) is 0. The van der Waals surface area contributed by atoms with Crippen LogP contribution in [0.25, 0.3) is 0 Å². The molecule has 0 atom stereocenters. The Labute approximate surface area is 105 Å². The molecule has 0 amide bonds. The van der Waals surface area contributed by atoms with E-state index in [1.54, 1.807) is 12.1 Å². The maximum absolute atomic E-state index is 11.5. The third-order valence-electron chi connectivity index (χ3n) is 1.93. The number of carbonyl (C=O) groups is 1. The molecule has 0 spiro atoms. The largest absolute Gasteiger partial charge is 0.548 e. The van der Waals surface area contributed by atoms with Gasteiger partial charge >= 0.3 is 0 Å². The van der Waals surface area contributed by atoms with Gasteiger partial charge in [-0.05, 0) is 12.1 Å². The lowest BCUT2D eigenvalue weighted by molar-refractivity contribution is -0.306. The van der Waals surface area contributed by atoms with Crippen molar-refractivity contribution in [2.45, 2.75) is 4.90 Å².